The summed E-state index contributed by atoms with van der Waals surface area (Å²) in [6.07, 6.45) is -7.05. The number of rotatable bonds is 2. The van der Waals surface area contributed by atoms with Gasteiger partial charge in [-0.1, -0.05) is 0 Å². The van der Waals surface area contributed by atoms with Gasteiger partial charge in [-0.3, -0.25) is 9.68 Å². The molecule has 0 radical (unpaired) electrons. The average Bonchev–Trinajstić information content (AvgIpc) is 2.10. The molecule has 96 valence electrons. The summed E-state index contributed by atoms with van der Waals surface area (Å²) in [5.41, 5.74) is 0. The van der Waals surface area contributed by atoms with Crippen molar-refractivity contribution in [1.82, 2.24) is 0 Å². The summed E-state index contributed by atoms with van der Waals surface area (Å²) in [7, 11) is 0. The molecule has 0 spiro atoms. The van der Waals surface area contributed by atoms with E-state index in [1.807, 2.05) is 0 Å². The molecule has 13 heteroatoms. The van der Waals surface area contributed by atoms with Crippen LogP contribution < -0.4 is 0 Å². The Morgan fingerprint density at radius 2 is 0.941 bits per heavy atom. The summed E-state index contributed by atoms with van der Waals surface area (Å²) in [4.78, 5) is 44.1. The van der Waals surface area contributed by atoms with Crippen LogP contribution in [0.3, 0.4) is 0 Å². The van der Waals surface area contributed by atoms with Crippen molar-refractivity contribution in [2.24, 2.45) is 10.6 Å². The van der Waals surface area contributed by atoms with Crippen LogP contribution in [-0.4, -0.2) is 45.0 Å². The lowest BCUT2D eigenvalue weighted by atomic mass is 11.3. The lowest BCUT2D eigenvalue weighted by molar-refractivity contribution is 0.0431. The Hall–Kier alpha value is -3.12. The van der Waals surface area contributed by atoms with Crippen molar-refractivity contribution in [1.29, 1.82) is 0 Å². The van der Waals surface area contributed by atoms with Crippen LogP contribution in [0.25, 0.3) is 0 Å². The molecule has 0 atom stereocenters. The van der Waals surface area contributed by atoms with E-state index in [2.05, 4.69) is 25.0 Å². The molecule has 0 aromatic rings. The van der Waals surface area contributed by atoms with Crippen LogP contribution in [0.2, 0.25) is 0 Å². The Morgan fingerprint density at radius 1 is 0.647 bits per heavy atom. The monoisotopic (exact) mass is 256 g/mol. The van der Waals surface area contributed by atoms with E-state index in [9.17, 15) is 19.2 Å². The molecule has 0 fully saturated rings. The molecule has 0 saturated carbocycles. The van der Waals surface area contributed by atoms with Crippen molar-refractivity contribution in [3.63, 3.8) is 0 Å². The fraction of sp³-hybridized carbons (Fsp3) is 0. The maximum atomic E-state index is 9.47. The number of hydrogen-bond donors (Lipinski definition) is 4. The zero-order valence-electron chi connectivity index (χ0n) is 7.54. The van der Waals surface area contributed by atoms with Gasteiger partial charge in [0, 0.05) is 0 Å². The highest BCUT2D eigenvalue weighted by molar-refractivity contribution is 5.74. The topological polar surface area (TPSA) is 202 Å². The van der Waals surface area contributed by atoms with E-state index < -0.39 is 24.6 Å². The molecule has 0 unspecified atom stereocenters. The smallest absolute Gasteiger partial charge is 0.449 e. The summed E-state index contributed by atoms with van der Waals surface area (Å²) in [5, 5.41) is 35.0. The second-order valence-electron chi connectivity index (χ2n) is 1.51. The standard InChI is InChI=1S/C2H2N2O6.C2H2O5/c5-1(6)9-3-4-10-2(7)8;3-1(4)7-2(5)6/h(H,5,6)(H,7,8);(H,3,4)(H,5,6). The van der Waals surface area contributed by atoms with E-state index in [1.54, 1.807) is 0 Å². The maximum Gasteiger partial charge on any atom is 0.534 e. The molecule has 0 aliphatic heterocycles. The summed E-state index contributed by atoms with van der Waals surface area (Å²) < 4.78 is 3.08. The largest absolute Gasteiger partial charge is 0.534 e. The average molecular weight is 256 g/mol. The molecule has 0 aromatic heterocycles. The van der Waals surface area contributed by atoms with Crippen LogP contribution in [-0.2, 0) is 14.4 Å². The van der Waals surface area contributed by atoms with Crippen LogP contribution in [0.1, 0.15) is 0 Å². The van der Waals surface area contributed by atoms with Crippen LogP contribution in [0.15, 0.2) is 10.6 Å². The van der Waals surface area contributed by atoms with Crippen LogP contribution in [0, 0.1) is 0 Å². The van der Waals surface area contributed by atoms with Gasteiger partial charge in [0.1, 0.15) is 0 Å². The van der Waals surface area contributed by atoms with Gasteiger partial charge in [0.05, 0.1) is 10.6 Å². The highest BCUT2D eigenvalue weighted by atomic mass is 16.8. The van der Waals surface area contributed by atoms with E-state index in [0.717, 1.165) is 0 Å². The minimum Gasteiger partial charge on any atom is -0.449 e. The van der Waals surface area contributed by atoms with Gasteiger partial charge in [0.15, 0.2) is 0 Å². The normalized spacial score (nSPS) is 8.47. The molecule has 0 bridgehead atoms. The van der Waals surface area contributed by atoms with Gasteiger partial charge < -0.3 is 25.2 Å². The van der Waals surface area contributed by atoms with Crippen LogP contribution in [0.5, 0.6) is 0 Å². The van der Waals surface area contributed by atoms with Crippen LogP contribution >= 0.6 is 0 Å². The van der Waals surface area contributed by atoms with Crippen molar-refractivity contribution >= 4 is 24.6 Å². The van der Waals surface area contributed by atoms with Crippen molar-refractivity contribution < 1.29 is 54.0 Å². The van der Waals surface area contributed by atoms with Gasteiger partial charge in [-0.25, -0.2) is 19.2 Å². The fourth-order valence-corrected chi connectivity index (χ4v) is 0.178. The van der Waals surface area contributed by atoms with Gasteiger partial charge in [0.25, 0.3) is 0 Å². The summed E-state index contributed by atoms with van der Waals surface area (Å²) in [5.74, 6) is 0. The molecule has 0 aliphatic rings. The first-order chi connectivity index (χ1) is 7.75. The predicted octanol–water partition coefficient (Wildman–Crippen LogP) is 1.02. The Balaban J connectivity index is 0. The first kappa shape index (κ1) is 16.3. The molecular weight excluding hydrogens is 252 g/mol. The van der Waals surface area contributed by atoms with Gasteiger partial charge in [-0.2, -0.15) is 0 Å². The summed E-state index contributed by atoms with van der Waals surface area (Å²) in [6, 6.07) is 0. The third-order valence-corrected chi connectivity index (χ3v) is 0.446. The van der Waals surface area contributed by atoms with Gasteiger partial charge in [0.2, 0.25) is 0 Å². The van der Waals surface area contributed by atoms with E-state index in [1.165, 1.54) is 0 Å². The third kappa shape index (κ3) is 24.6. The highest BCUT2D eigenvalue weighted by Crippen LogP contribution is 1.82. The summed E-state index contributed by atoms with van der Waals surface area (Å²) >= 11 is 0. The van der Waals surface area contributed by atoms with Crippen molar-refractivity contribution in [3.05, 3.63) is 0 Å². The third-order valence-electron chi connectivity index (χ3n) is 0.446. The lowest BCUT2D eigenvalue weighted by Gasteiger charge is -1.84. The quantitative estimate of drug-likeness (QED) is 0.237. The number of carbonyl (C=O) groups is 4. The molecule has 0 aromatic carbocycles. The zero-order valence-corrected chi connectivity index (χ0v) is 7.54. The first-order valence-electron chi connectivity index (χ1n) is 3.09. The molecule has 0 rings (SSSR count). The second kappa shape index (κ2) is 9.44. The Bertz CT molecular complexity index is 291. The molecular formula is C4H4N2O11. The molecule has 0 aliphatic carbocycles. The molecule has 17 heavy (non-hydrogen) atoms. The van der Waals surface area contributed by atoms with E-state index in [0.29, 0.717) is 0 Å². The molecule has 4 N–H and O–H groups in total. The van der Waals surface area contributed by atoms with Crippen molar-refractivity contribution in [2.75, 3.05) is 0 Å². The minimum absolute atomic E-state index is 1.71. The predicted molar refractivity (Wildman–Crippen MR) is 40.2 cm³/mol. The highest BCUT2D eigenvalue weighted by Gasteiger charge is 2.01. The number of carboxylic acid groups (broad SMARTS) is 4. The van der Waals surface area contributed by atoms with E-state index >= 15 is 0 Å². The Kier molecular flexibility index (Phi) is 9.06. The Morgan fingerprint density at radius 3 is 1.06 bits per heavy atom. The summed E-state index contributed by atoms with van der Waals surface area (Å²) in [6.45, 7) is 0. The van der Waals surface area contributed by atoms with Gasteiger partial charge in [-0.05, 0) is 0 Å². The minimum atomic E-state index is -1.81. The molecule has 0 amide bonds. The Labute approximate surface area is 90.4 Å². The number of ether oxygens (including phenoxy) is 1. The zero-order chi connectivity index (χ0) is 13.8. The maximum absolute atomic E-state index is 9.47. The second-order valence-corrected chi connectivity index (χ2v) is 1.51. The first-order valence-corrected chi connectivity index (χ1v) is 3.09. The lowest BCUT2D eigenvalue weighted by Crippen LogP contribution is -2.05. The van der Waals surface area contributed by atoms with Crippen molar-refractivity contribution in [3.8, 4) is 0 Å². The van der Waals surface area contributed by atoms with E-state index in [4.69, 9.17) is 20.4 Å². The molecule has 0 heterocycles. The van der Waals surface area contributed by atoms with Gasteiger partial charge in [-0.15, -0.1) is 0 Å². The van der Waals surface area contributed by atoms with E-state index in [-0.39, 0.29) is 0 Å². The fourth-order valence-electron chi connectivity index (χ4n) is 0.178. The molecule has 0 saturated heterocycles. The number of nitrogens with zero attached hydrogens (tertiary/aromatic N) is 2. The number of hydrogen-bond acceptors (Lipinski definition) is 9. The van der Waals surface area contributed by atoms with Crippen molar-refractivity contribution in [2.45, 2.75) is 0 Å². The molecule has 13 nitrogen and oxygen atoms in total. The van der Waals surface area contributed by atoms with Gasteiger partial charge >= 0.3 is 24.6 Å². The van der Waals surface area contributed by atoms with Crippen LogP contribution in [0.4, 0.5) is 19.2 Å². The SMILES string of the molecule is O=C(O)OC(=O)O.O=C(O)ON=NOC(=O)O.